The Morgan fingerprint density at radius 2 is 1.84 bits per heavy atom. The van der Waals surface area contributed by atoms with Crippen molar-refractivity contribution in [3.63, 3.8) is 0 Å². The molecule has 3 aliphatic heterocycles. The highest BCUT2D eigenvalue weighted by Crippen LogP contribution is 2.34. The van der Waals surface area contributed by atoms with E-state index in [1.165, 1.54) is 0 Å². The van der Waals surface area contributed by atoms with Crippen LogP contribution in [-0.4, -0.2) is 87.3 Å². The summed E-state index contributed by atoms with van der Waals surface area (Å²) in [5.41, 5.74) is 1.91. The molecule has 3 saturated heterocycles. The van der Waals surface area contributed by atoms with Crippen LogP contribution in [0.1, 0.15) is 82.7 Å². The minimum atomic E-state index is -0.00292. The van der Waals surface area contributed by atoms with Crippen LogP contribution in [-0.2, 0) is 9.53 Å². The van der Waals surface area contributed by atoms with Crippen LogP contribution < -0.4 is 10.2 Å². The second-order valence-electron chi connectivity index (χ2n) is 11.2. The molecule has 10 heteroatoms. The number of carbonyl (C=O) groups excluding carboxylic acids is 1. The van der Waals surface area contributed by atoms with Gasteiger partial charge in [-0.15, -0.1) is 0 Å². The maximum absolute atomic E-state index is 13.1. The Morgan fingerprint density at radius 3 is 2.45 bits per heavy atom. The number of nitrogens with one attached hydrogen (secondary N) is 2. The lowest BCUT2D eigenvalue weighted by molar-refractivity contribution is -0.133. The SMILES string of the molecule is CC[C@@H]1CC(N(C)c2nc(Nc3cc(C)[nH]n3)cc(C3CCCO3)n2)C[C@H](CC)N1CC(=O)N1CCCC1. The summed E-state index contributed by atoms with van der Waals surface area (Å²) >= 11 is 0. The number of nitrogens with zero attached hydrogens (tertiary/aromatic N) is 6. The van der Waals surface area contributed by atoms with Crippen molar-refractivity contribution in [2.75, 3.05) is 43.5 Å². The topological polar surface area (TPSA) is 103 Å². The summed E-state index contributed by atoms with van der Waals surface area (Å²) in [5.74, 6) is 2.47. The van der Waals surface area contributed by atoms with Gasteiger partial charge >= 0.3 is 0 Å². The number of piperidine rings is 1. The van der Waals surface area contributed by atoms with E-state index in [-0.39, 0.29) is 6.10 Å². The zero-order valence-corrected chi connectivity index (χ0v) is 23.4. The van der Waals surface area contributed by atoms with Crippen LogP contribution in [0.4, 0.5) is 17.6 Å². The molecule has 0 bridgehead atoms. The molecule has 0 aromatic carbocycles. The van der Waals surface area contributed by atoms with Gasteiger partial charge < -0.3 is 19.9 Å². The summed E-state index contributed by atoms with van der Waals surface area (Å²) in [4.78, 5) is 29.8. The van der Waals surface area contributed by atoms with Crippen molar-refractivity contribution >= 4 is 23.5 Å². The highest BCUT2D eigenvalue weighted by atomic mass is 16.5. The standard InChI is InChI=1S/C28H44N8O2/c1-5-20-15-22(16-21(6-2)36(20)18-27(37)35-11-7-8-12-35)34(4)28-29-23(24-10-9-13-38-24)17-25(31-28)30-26-14-19(3)32-33-26/h14,17,20-22,24H,5-13,15-16,18H2,1-4H3,(H2,29,30,31,32,33)/t20-,21+,22?,24?. The molecule has 2 N–H and O–H groups in total. The maximum atomic E-state index is 13.1. The van der Waals surface area contributed by atoms with Gasteiger partial charge in [0.2, 0.25) is 11.9 Å². The zero-order valence-electron chi connectivity index (χ0n) is 23.4. The molecule has 3 aliphatic rings. The maximum Gasteiger partial charge on any atom is 0.236 e. The van der Waals surface area contributed by atoms with Gasteiger partial charge in [-0.25, -0.2) is 4.98 Å². The number of H-pyrrole nitrogens is 1. The average Bonchev–Trinajstić information content (AvgIpc) is 3.72. The molecular weight excluding hydrogens is 480 g/mol. The fraction of sp³-hybridized carbons (Fsp3) is 0.714. The molecule has 2 aromatic rings. The molecule has 38 heavy (non-hydrogen) atoms. The third-order valence-corrected chi connectivity index (χ3v) is 8.56. The van der Waals surface area contributed by atoms with Gasteiger partial charge in [0.1, 0.15) is 5.82 Å². The van der Waals surface area contributed by atoms with Gasteiger partial charge in [-0.3, -0.25) is 14.8 Å². The predicted octanol–water partition coefficient (Wildman–Crippen LogP) is 4.18. The summed E-state index contributed by atoms with van der Waals surface area (Å²) in [5, 5.41) is 10.7. The molecule has 5 rings (SSSR count). The Balaban J connectivity index is 1.36. The highest BCUT2D eigenvalue weighted by Gasteiger charge is 2.38. The van der Waals surface area contributed by atoms with Crippen molar-refractivity contribution in [2.45, 2.75) is 96.4 Å². The van der Waals surface area contributed by atoms with Gasteiger partial charge in [0.25, 0.3) is 0 Å². The molecule has 0 saturated carbocycles. The van der Waals surface area contributed by atoms with E-state index < -0.39 is 0 Å². The monoisotopic (exact) mass is 524 g/mol. The van der Waals surface area contributed by atoms with E-state index >= 15 is 0 Å². The lowest BCUT2D eigenvalue weighted by Gasteiger charge is -2.47. The van der Waals surface area contributed by atoms with E-state index in [0.29, 0.717) is 36.5 Å². The Bertz CT molecular complexity index is 1060. The minimum absolute atomic E-state index is 0.00292. The Hall–Kier alpha value is -2.72. The van der Waals surface area contributed by atoms with Crippen LogP contribution in [0.15, 0.2) is 12.1 Å². The van der Waals surface area contributed by atoms with Gasteiger partial charge in [0.15, 0.2) is 5.82 Å². The number of hydrogen-bond donors (Lipinski definition) is 2. The summed E-state index contributed by atoms with van der Waals surface area (Å²) in [6, 6.07) is 4.97. The number of hydrogen-bond acceptors (Lipinski definition) is 8. The van der Waals surface area contributed by atoms with Gasteiger partial charge in [-0.1, -0.05) is 13.8 Å². The zero-order chi connectivity index (χ0) is 26.6. The quantitative estimate of drug-likeness (QED) is 0.504. The molecule has 0 aliphatic carbocycles. The predicted molar refractivity (Wildman–Crippen MR) is 149 cm³/mol. The van der Waals surface area contributed by atoms with Crippen molar-refractivity contribution < 1.29 is 9.53 Å². The smallest absolute Gasteiger partial charge is 0.236 e. The molecule has 3 fully saturated rings. The first-order chi connectivity index (χ1) is 18.4. The minimum Gasteiger partial charge on any atom is -0.372 e. The van der Waals surface area contributed by atoms with Gasteiger partial charge in [-0.2, -0.15) is 10.1 Å². The average molecular weight is 525 g/mol. The second kappa shape index (κ2) is 12.0. The van der Waals surface area contributed by atoms with E-state index in [4.69, 9.17) is 14.7 Å². The lowest BCUT2D eigenvalue weighted by Crippen LogP contribution is -2.56. The molecule has 1 amide bonds. The summed E-state index contributed by atoms with van der Waals surface area (Å²) in [7, 11) is 2.12. The second-order valence-corrected chi connectivity index (χ2v) is 11.2. The van der Waals surface area contributed by atoms with E-state index in [0.717, 1.165) is 94.1 Å². The van der Waals surface area contributed by atoms with Gasteiger partial charge in [0.05, 0.1) is 18.3 Å². The van der Waals surface area contributed by atoms with Crippen molar-refractivity contribution in [3.8, 4) is 0 Å². The van der Waals surface area contributed by atoms with E-state index in [1.807, 2.05) is 19.1 Å². The molecule has 4 atom stereocenters. The number of likely N-dealkylation sites (tertiary alicyclic amines) is 2. The molecule has 208 valence electrons. The van der Waals surface area contributed by atoms with Crippen molar-refractivity contribution in [1.29, 1.82) is 0 Å². The lowest BCUT2D eigenvalue weighted by atomic mass is 9.87. The molecular formula is C28H44N8O2. The molecule has 0 radical (unpaired) electrons. The largest absolute Gasteiger partial charge is 0.372 e. The summed E-state index contributed by atoms with van der Waals surface area (Å²) in [6.07, 6.45) is 8.32. The fourth-order valence-electron chi connectivity index (χ4n) is 6.32. The van der Waals surface area contributed by atoms with Crippen LogP contribution in [0.3, 0.4) is 0 Å². The number of carbonyl (C=O) groups is 1. The molecule has 0 spiro atoms. The van der Waals surface area contributed by atoms with Crippen LogP contribution in [0.25, 0.3) is 0 Å². The van der Waals surface area contributed by atoms with Crippen molar-refractivity contribution in [2.24, 2.45) is 0 Å². The van der Waals surface area contributed by atoms with Crippen LogP contribution in [0.5, 0.6) is 0 Å². The van der Waals surface area contributed by atoms with Crippen LogP contribution in [0.2, 0.25) is 0 Å². The van der Waals surface area contributed by atoms with Crippen LogP contribution >= 0.6 is 0 Å². The normalized spacial score (nSPS) is 26.2. The number of aryl methyl sites for hydroxylation is 1. The van der Waals surface area contributed by atoms with Crippen molar-refractivity contribution in [1.82, 2.24) is 30.0 Å². The van der Waals surface area contributed by atoms with E-state index in [2.05, 4.69) is 51.1 Å². The molecule has 5 heterocycles. The molecule has 10 nitrogen and oxygen atoms in total. The third-order valence-electron chi connectivity index (χ3n) is 8.56. The number of aromatic nitrogens is 4. The first-order valence-corrected chi connectivity index (χ1v) is 14.5. The number of rotatable bonds is 9. The third kappa shape index (κ3) is 5.96. The van der Waals surface area contributed by atoms with Gasteiger partial charge in [0, 0.05) is 62.7 Å². The van der Waals surface area contributed by atoms with Crippen molar-refractivity contribution in [3.05, 3.63) is 23.5 Å². The number of anilines is 3. The molecule has 2 unspecified atom stereocenters. The first kappa shape index (κ1) is 26.9. The Morgan fingerprint density at radius 1 is 1.11 bits per heavy atom. The van der Waals surface area contributed by atoms with Crippen LogP contribution in [0, 0.1) is 6.92 Å². The summed E-state index contributed by atoms with van der Waals surface area (Å²) < 4.78 is 5.99. The fourth-order valence-corrected chi connectivity index (χ4v) is 6.32. The van der Waals surface area contributed by atoms with E-state index in [1.54, 1.807) is 0 Å². The summed E-state index contributed by atoms with van der Waals surface area (Å²) in [6.45, 7) is 9.61. The first-order valence-electron chi connectivity index (χ1n) is 14.5. The number of aromatic amines is 1. The van der Waals surface area contributed by atoms with E-state index in [9.17, 15) is 4.79 Å². The number of ether oxygens (including phenoxy) is 1. The van der Waals surface area contributed by atoms with Gasteiger partial charge in [-0.05, 0) is 58.3 Å². The number of amides is 1. The Kier molecular flexibility index (Phi) is 8.48. The molecule has 2 aromatic heterocycles. The highest BCUT2D eigenvalue weighted by molar-refractivity contribution is 5.78. The Labute approximate surface area is 226 Å².